The second kappa shape index (κ2) is 7.84. The molecule has 86 valence electrons. The molecule has 0 amide bonds. The normalized spacial score (nSPS) is 8.24. The van der Waals surface area contributed by atoms with Crippen molar-refractivity contribution in [1.29, 1.82) is 0 Å². The lowest BCUT2D eigenvalue weighted by molar-refractivity contribution is 0.415. The van der Waals surface area contributed by atoms with Crippen molar-refractivity contribution in [3.05, 3.63) is 60.7 Å². The average molecular weight is 225 g/mol. The molecule has 1 N–H and O–H groups in total. The molecule has 0 aliphatic carbocycles. The second-order valence-corrected chi connectivity index (χ2v) is 3.15. The summed E-state index contributed by atoms with van der Waals surface area (Å²) in [6.07, 6.45) is 5.00. The number of hydrogen-bond donors (Lipinski definition) is 1. The van der Waals surface area contributed by atoms with Crippen molar-refractivity contribution >= 4 is 5.69 Å². The molecule has 0 aromatic heterocycles. The molecule has 2 aromatic carbocycles. The lowest BCUT2D eigenvalue weighted by Gasteiger charge is -1.93. The van der Waals surface area contributed by atoms with Crippen LogP contribution in [0.5, 0.6) is 5.75 Å². The Kier molecular flexibility index (Phi) is 5.84. The van der Waals surface area contributed by atoms with Crippen LogP contribution in [0.3, 0.4) is 0 Å². The monoisotopic (exact) mass is 225 g/mol. The van der Waals surface area contributed by atoms with Crippen LogP contribution in [0.25, 0.3) is 0 Å². The summed E-state index contributed by atoms with van der Waals surface area (Å²) in [5, 5.41) is 2.74. The van der Waals surface area contributed by atoms with Crippen molar-refractivity contribution in [2.24, 2.45) is 0 Å². The molecule has 0 unspecified atom stereocenters. The molecule has 0 atom stereocenters. The summed E-state index contributed by atoms with van der Waals surface area (Å²) >= 11 is 0. The zero-order chi connectivity index (χ0) is 12.3. The smallest absolute Gasteiger partial charge is 0.118 e. The fourth-order valence-corrected chi connectivity index (χ4v) is 1.16. The Morgan fingerprint density at radius 2 is 1.47 bits per heavy atom. The first kappa shape index (κ1) is 12.7. The summed E-state index contributed by atoms with van der Waals surface area (Å²) in [6, 6.07) is 21.7. The summed E-state index contributed by atoms with van der Waals surface area (Å²) in [4.78, 5) is 0. The minimum Gasteiger partial charge on any atom is -0.497 e. The lowest BCUT2D eigenvalue weighted by Crippen LogP contribution is -1.83. The number of rotatable bonds is 2. The van der Waals surface area contributed by atoms with Gasteiger partial charge >= 0.3 is 0 Å². The number of anilines is 1. The van der Waals surface area contributed by atoms with Crippen molar-refractivity contribution in [2.45, 2.75) is 0 Å². The molecule has 2 rings (SSSR count). The van der Waals surface area contributed by atoms with E-state index in [0.717, 1.165) is 11.4 Å². The minimum absolute atomic E-state index is 0.910. The quantitative estimate of drug-likeness (QED) is 0.625. The molecule has 2 aromatic rings. The molecule has 0 aliphatic rings. The van der Waals surface area contributed by atoms with E-state index in [-0.39, 0.29) is 0 Å². The molecule has 0 saturated heterocycles. The maximum atomic E-state index is 5.00. The molecule has 0 radical (unpaired) electrons. The van der Waals surface area contributed by atoms with E-state index in [1.165, 1.54) is 0 Å². The summed E-state index contributed by atoms with van der Waals surface area (Å²) < 4.78 is 4.91. The number of ether oxygens (including phenoxy) is 1. The van der Waals surface area contributed by atoms with Gasteiger partial charge in [-0.05, 0) is 24.3 Å². The Bertz CT molecular complexity index is 445. The van der Waals surface area contributed by atoms with Crippen molar-refractivity contribution in [2.75, 3.05) is 12.4 Å². The molecule has 0 aliphatic heterocycles. The Morgan fingerprint density at radius 3 is 1.88 bits per heavy atom. The van der Waals surface area contributed by atoms with E-state index in [9.17, 15) is 0 Å². The van der Waals surface area contributed by atoms with E-state index in [2.05, 4.69) is 11.4 Å². The third kappa shape index (κ3) is 5.29. The number of nitrogens with one attached hydrogen (secondary N) is 1. The molecule has 0 saturated carbocycles. The highest BCUT2D eigenvalue weighted by atomic mass is 16.5. The molecule has 17 heavy (non-hydrogen) atoms. The molecule has 2 heteroatoms. The van der Waals surface area contributed by atoms with Crippen molar-refractivity contribution in [1.82, 2.24) is 0 Å². The van der Waals surface area contributed by atoms with E-state index in [4.69, 9.17) is 11.2 Å². The highest BCUT2D eigenvalue weighted by Gasteiger charge is 1.80. The summed E-state index contributed by atoms with van der Waals surface area (Å²) in [6.45, 7) is 0. The topological polar surface area (TPSA) is 21.3 Å². The van der Waals surface area contributed by atoms with E-state index >= 15 is 0 Å². The van der Waals surface area contributed by atoms with Gasteiger partial charge in [0.2, 0.25) is 0 Å². The van der Waals surface area contributed by atoms with Gasteiger partial charge < -0.3 is 10.1 Å². The highest BCUT2D eigenvalue weighted by Crippen LogP contribution is 2.05. The zero-order valence-electron chi connectivity index (χ0n) is 9.76. The molecule has 2 nitrogen and oxygen atoms in total. The number of terminal acetylenes is 1. The van der Waals surface area contributed by atoms with E-state index in [0.29, 0.717) is 0 Å². The van der Waals surface area contributed by atoms with Gasteiger partial charge in [0.05, 0.1) is 7.11 Å². The largest absolute Gasteiger partial charge is 0.497 e. The van der Waals surface area contributed by atoms with Gasteiger partial charge in [0, 0.05) is 11.7 Å². The summed E-state index contributed by atoms with van der Waals surface area (Å²) in [5.41, 5.74) is 0.958. The molecule has 0 bridgehead atoms. The van der Waals surface area contributed by atoms with Gasteiger partial charge in [-0.3, -0.25) is 0 Å². The van der Waals surface area contributed by atoms with E-state index in [1.54, 1.807) is 7.11 Å². The third-order valence-corrected chi connectivity index (χ3v) is 1.97. The van der Waals surface area contributed by atoms with Gasteiger partial charge in [-0.25, -0.2) is 0 Å². The van der Waals surface area contributed by atoms with Gasteiger partial charge in [0.1, 0.15) is 5.75 Å². The molecule has 0 heterocycles. The van der Waals surface area contributed by atoms with Crippen LogP contribution in [0.4, 0.5) is 5.69 Å². The maximum Gasteiger partial charge on any atom is 0.118 e. The first-order valence-electron chi connectivity index (χ1n) is 5.22. The third-order valence-electron chi connectivity index (χ3n) is 1.97. The Balaban J connectivity index is 0.000000171. The van der Waals surface area contributed by atoms with Crippen LogP contribution in [0.1, 0.15) is 0 Å². The van der Waals surface area contributed by atoms with Gasteiger partial charge in [-0.15, -0.1) is 0 Å². The summed E-state index contributed by atoms with van der Waals surface area (Å²) in [7, 11) is 1.66. The Labute approximate surface area is 102 Å². The lowest BCUT2D eigenvalue weighted by atomic mass is 10.3. The zero-order valence-corrected chi connectivity index (χ0v) is 9.76. The van der Waals surface area contributed by atoms with Crippen LogP contribution < -0.4 is 10.1 Å². The van der Waals surface area contributed by atoms with Gasteiger partial charge in [0.15, 0.2) is 0 Å². The van der Waals surface area contributed by atoms with Crippen LogP contribution >= 0.6 is 0 Å². The fraction of sp³-hybridized carbons (Fsp3) is 0.0667. The van der Waals surface area contributed by atoms with Crippen LogP contribution in [0, 0.1) is 12.5 Å². The Hall–Kier alpha value is -2.40. The van der Waals surface area contributed by atoms with Gasteiger partial charge in [-0.2, -0.15) is 0 Å². The van der Waals surface area contributed by atoms with Crippen molar-refractivity contribution < 1.29 is 4.74 Å². The molecule has 0 fully saturated rings. The highest BCUT2D eigenvalue weighted by molar-refractivity contribution is 5.46. The number of methoxy groups -OCH3 is 1. The fourth-order valence-electron chi connectivity index (χ4n) is 1.16. The molecule has 0 spiro atoms. The van der Waals surface area contributed by atoms with E-state index < -0.39 is 0 Å². The van der Waals surface area contributed by atoms with Crippen LogP contribution in [-0.4, -0.2) is 7.11 Å². The van der Waals surface area contributed by atoms with Crippen LogP contribution in [-0.2, 0) is 0 Å². The first-order chi connectivity index (χ1) is 8.36. The number of hydrogen-bond acceptors (Lipinski definition) is 2. The van der Waals surface area contributed by atoms with Crippen LogP contribution in [0.2, 0.25) is 0 Å². The number of para-hydroxylation sites is 2. The first-order valence-corrected chi connectivity index (χ1v) is 5.22. The Morgan fingerprint density at radius 1 is 0.941 bits per heavy atom. The minimum atomic E-state index is 0.910. The van der Waals surface area contributed by atoms with Gasteiger partial charge in [0.25, 0.3) is 0 Å². The number of benzene rings is 2. The second-order valence-electron chi connectivity index (χ2n) is 3.15. The average Bonchev–Trinajstić information content (AvgIpc) is 2.42. The predicted molar refractivity (Wildman–Crippen MR) is 71.9 cm³/mol. The van der Waals surface area contributed by atoms with Crippen molar-refractivity contribution in [3.8, 4) is 18.2 Å². The standard InChI is InChI=1S/C8H7N.C7H8O/c1-2-9-8-6-4-3-5-7-8;1-8-7-5-3-2-4-6-7/h1,3-7,9H;2-6H,1H3. The molecular formula is C15H15NO. The van der Waals surface area contributed by atoms with E-state index in [1.807, 2.05) is 60.7 Å². The summed E-state index contributed by atoms with van der Waals surface area (Å²) in [5.74, 6) is 0.910. The maximum absolute atomic E-state index is 5.00. The SMILES string of the molecule is C#CNc1ccccc1.COc1ccccc1. The predicted octanol–water partition coefficient (Wildman–Crippen LogP) is 3.38. The van der Waals surface area contributed by atoms with Gasteiger partial charge in [-0.1, -0.05) is 42.8 Å². The van der Waals surface area contributed by atoms with Crippen molar-refractivity contribution in [3.63, 3.8) is 0 Å². The van der Waals surface area contributed by atoms with Crippen LogP contribution in [0.15, 0.2) is 60.7 Å². The molecular weight excluding hydrogens is 210 g/mol.